The van der Waals surface area contributed by atoms with Crippen LogP contribution in [0.25, 0.3) is 0 Å². The van der Waals surface area contributed by atoms with Crippen molar-refractivity contribution in [3.05, 3.63) is 53.7 Å². The van der Waals surface area contributed by atoms with Gasteiger partial charge in [0.2, 0.25) is 0 Å². The van der Waals surface area contributed by atoms with E-state index in [4.69, 9.17) is 4.42 Å². The molecule has 1 saturated carbocycles. The molecule has 2 aliphatic rings. The number of hydrogen-bond acceptors (Lipinski definition) is 4. The van der Waals surface area contributed by atoms with Crippen molar-refractivity contribution >= 4 is 16.7 Å². The molecule has 0 bridgehead atoms. The molecule has 1 aliphatic carbocycles. The van der Waals surface area contributed by atoms with Crippen LogP contribution < -0.4 is 0 Å². The van der Waals surface area contributed by atoms with Gasteiger partial charge in [-0.1, -0.05) is 19.3 Å². The third-order valence-electron chi connectivity index (χ3n) is 5.91. The summed E-state index contributed by atoms with van der Waals surface area (Å²) in [6.45, 7) is 3.26. The van der Waals surface area contributed by atoms with Crippen molar-refractivity contribution in [2.24, 2.45) is 0 Å². The van der Waals surface area contributed by atoms with Crippen molar-refractivity contribution in [3.8, 4) is 0 Å². The molecule has 7 heteroatoms. The largest absolute Gasteiger partial charge is 0.455 e. The van der Waals surface area contributed by atoms with E-state index < -0.39 is 10.8 Å². The predicted molar refractivity (Wildman–Crippen MR) is 110 cm³/mol. The van der Waals surface area contributed by atoms with E-state index in [-0.39, 0.29) is 17.5 Å². The Morgan fingerprint density at radius 2 is 1.69 bits per heavy atom. The van der Waals surface area contributed by atoms with Crippen LogP contribution in [0.2, 0.25) is 0 Å². The van der Waals surface area contributed by atoms with Gasteiger partial charge in [0.1, 0.15) is 11.6 Å². The number of piperazine rings is 1. The molecule has 0 N–H and O–H groups in total. The summed E-state index contributed by atoms with van der Waals surface area (Å²) < 4.78 is 31.1. The summed E-state index contributed by atoms with van der Waals surface area (Å²) in [5.41, 5.74) is 0. The second-order valence-electron chi connectivity index (χ2n) is 7.83. The number of hydrogen-bond donors (Lipinski definition) is 0. The fraction of sp³-hybridized carbons (Fsp3) is 0.500. The van der Waals surface area contributed by atoms with Crippen LogP contribution >= 0.6 is 0 Å². The van der Waals surface area contributed by atoms with Gasteiger partial charge in [-0.15, -0.1) is 0 Å². The van der Waals surface area contributed by atoms with Gasteiger partial charge in [-0.05, 0) is 49.2 Å². The molecule has 2 aromatic rings. The molecule has 1 aromatic carbocycles. The lowest BCUT2D eigenvalue weighted by atomic mass is 9.94. The van der Waals surface area contributed by atoms with E-state index in [1.54, 1.807) is 12.1 Å². The van der Waals surface area contributed by atoms with Gasteiger partial charge in [-0.2, -0.15) is 0 Å². The second kappa shape index (κ2) is 9.22. The maximum absolute atomic E-state index is 13.0. The van der Waals surface area contributed by atoms with Gasteiger partial charge in [0.05, 0.1) is 16.6 Å². The minimum absolute atomic E-state index is 0.105. The Bertz CT molecular complexity index is 853. The maximum Gasteiger partial charge on any atom is 0.289 e. The molecular formula is C22H27FN2O3S. The van der Waals surface area contributed by atoms with Gasteiger partial charge in [-0.25, -0.2) is 4.39 Å². The van der Waals surface area contributed by atoms with Crippen molar-refractivity contribution in [3.63, 3.8) is 0 Å². The Hall–Kier alpha value is -1.99. The standard InChI is InChI=1S/C22H27FN2O3S/c23-17-6-9-20(10-7-17)29(27)16-19-8-11-21(28-19)22(26)25-14-12-24(13-15-25)18-4-2-1-3-5-18/h6-11,18H,1-5,12-16H2/t29-/m0/s1. The molecule has 5 nitrogen and oxygen atoms in total. The second-order valence-corrected chi connectivity index (χ2v) is 9.28. The van der Waals surface area contributed by atoms with E-state index >= 15 is 0 Å². The zero-order valence-electron chi connectivity index (χ0n) is 16.5. The molecule has 2 fully saturated rings. The van der Waals surface area contributed by atoms with Crippen LogP contribution in [0, 0.1) is 5.82 Å². The minimum atomic E-state index is -1.35. The van der Waals surface area contributed by atoms with Crippen LogP contribution in [0.5, 0.6) is 0 Å². The van der Waals surface area contributed by atoms with Gasteiger partial charge in [0.15, 0.2) is 5.76 Å². The minimum Gasteiger partial charge on any atom is -0.455 e. The van der Waals surface area contributed by atoms with Gasteiger partial charge >= 0.3 is 0 Å². The Morgan fingerprint density at radius 3 is 2.38 bits per heavy atom. The lowest BCUT2D eigenvalue weighted by Gasteiger charge is -2.40. The third-order valence-corrected chi connectivity index (χ3v) is 7.26. The van der Waals surface area contributed by atoms with E-state index in [0.717, 1.165) is 13.1 Å². The molecule has 1 aromatic heterocycles. The highest BCUT2D eigenvalue weighted by Crippen LogP contribution is 2.24. The fourth-order valence-electron chi connectivity index (χ4n) is 4.26. The van der Waals surface area contributed by atoms with Crippen LogP contribution in [-0.4, -0.2) is 52.1 Å². The average Bonchev–Trinajstić information content (AvgIpc) is 3.23. The smallest absolute Gasteiger partial charge is 0.289 e. The van der Waals surface area contributed by atoms with Crippen molar-refractivity contribution in [2.45, 2.75) is 48.8 Å². The Morgan fingerprint density at radius 1 is 1.00 bits per heavy atom. The maximum atomic E-state index is 13.0. The number of carbonyl (C=O) groups excluding carboxylic acids is 1. The Kier molecular flexibility index (Phi) is 6.45. The lowest BCUT2D eigenvalue weighted by Crippen LogP contribution is -2.52. The van der Waals surface area contributed by atoms with Gasteiger partial charge in [0, 0.05) is 37.1 Å². The quantitative estimate of drug-likeness (QED) is 0.741. The molecule has 2 heterocycles. The molecule has 0 unspecified atom stereocenters. The summed E-state index contributed by atoms with van der Waals surface area (Å²) in [6.07, 6.45) is 6.54. The number of furan rings is 1. The SMILES string of the molecule is O=C(c1ccc(C[S@](=O)c2ccc(F)cc2)o1)N1CCN(C2CCCCC2)CC1. The van der Waals surface area contributed by atoms with Crippen LogP contribution in [-0.2, 0) is 16.6 Å². The summed E-state index contributed by atoms with van der Waals surface area (Å²) in [5.74, 6) is 0.486. The molecule has 1 atom stereocenters. The third kappa shape index (κ3) is 4.95. The topological polar surface area (TPSA) is 53.8 Å². The van der Waals surface area contributed by atoms with Gasteiger partial charge < -0.3 is 9.32 Å². The van der Waals surface area contributed by atoms with Crippen molar-refractivity contribution in [1.82, 2.24) is 9.80 Å². The number of rotatable bonds is 5. The molecule has 29 heavy (non-hydrogen) atoms. The molecule has 4 rings (SSSR count). The van der Waals surface area contributed by atoms with E-state index in [2.05, 4.69) is 4.90 Å². The Balaban J connectivity index is 1.31. The predicted octanol–water partition coefficient (Wildman–Crippen LogP) is 3.82. The van der Waals surface area contributed by atoms with E-state index in [1.165, 1.54) is 56.4 Å². The van der Waals surface area contributed by atoms with Crippen molar-refractivity contribution < 1.29 is 17.8 Å². The number of halogens is 1. The first-order valence-corrected chi connectivity index (χ1v) is 11.7. The molecule has 0 radical (unpaired) electrons. The number of carbonyl (C=O) groups is 1. The summed E-state index contributed by atoms with van der Waals surface area (Å²) >= 11 is 0. The molecule has 1 saturated heterocycles. The first kappa shape index (κ1) is 20.3. The Labute approximate surface area is 173 Å². The molecule has 1 amide bonds. The van der Waals surface area contributed by atoms with E-state index in [1.807, 2.05) is 4.90 Å². The number of amides is 1. The lowest BCUT2D eigenvalue weighted by molar-refractivity contribution is 0.0496. The molecule has 0 spiro atoms. The zero-order chi connectivity index (χ0) is 20.2. The summed E-state index contributed by atoms with van der Waals surface area (Å²) in [5, 5.41) is 0. The number of benzene rings is 1. The summed E-state index contributed by atoms with van der Waals surface area (Å²) in [6, 6.07) is 9.63. The highest BCUT2D eigenvalue weighted by molar-refractivity contribution is 7.84. The number of nitrogens with zero attached hydrogens (tertiary/aromatic N) is 2. The highest BCUT2D eigenvalue weighted by Gasteiger charge is 2.28. The van der Waals surface area contributed by atoms with E-state index in [9.17, 15) is 13.4 Å². The molecular weight excluding hydrogens is 391 g/mol. The fourth-order valence-corrected chi connectivity index (χ4v) is 5.28. The average molecular weight is 419 g/mol. The van der Waals surface area contributed by atoms with Crippen LogP contribution in [0.3, 0.4) is 0 Å². The van der Waals surface area contributed by atoms with E-state index in [0.29, 0.717) is 35.5 Å². The van der Waals surface area contributed by atoms with Gasteiger partial charge in [0.25, 0.3) is 5.91 Å². The normalized spacial score (nSPS) is 20.0. The first-order chi connectivity index (χ1) is 14.1. The van der Waals surface area contributed by atoms with Crippen molar-refractivity contribution in [1.29, 1.82) is 0 Å². The highest BCUT2D eigenvalue weighted by atomic mass is 32.2. The van der Waals surface area contributed by atoms with Crippen molar-refractivity contribution in [2.75, 3.05) is 26.2 Å². The molecule has 156 valence electrons. The monoisotopic (exact) mass is 418 g/mol. The molecule has 1 aliphatic heterocycles. The van der Waals surface area contributed by atoms with Crippen LogP contribution in [0.4, 0.5) is 4.39 Å². The van der Waals surface area contributed by atoms with Crippen LogP contribution in [0.15, 0.2) is 45.7 Å². The summed E-state index contributed by atoms with van der Waals surface area (Å²) in [4.78, 5) is 17.7. The first-order valence-electron chi connectivity index (χ1n) is 10.4. The van der Waals surface area contributed by atoms with Crippen LogP contribution in [0.1, 0.15) is 48.4 Å². The summed E-state index contributed by atoms with van der Waals surface area (Å²) in [7, 11) is -1.35. The van der Waals surface area contributed by atoms with Gasteiger partial charge in [-0.3, -0.25) is 13.9 Å². The zero-order valence-corrected chi connectivity index (χ0v) is 17.3.